The molecule has 4 nitrogen and oxygen atoms in total. The average Bonchev–Trinajstić information content (AvgIpc) is 2.95. The van der Waals surface area contributed by atoms with Crippen LogP contribution in [-0.4, -0.2) is 26.3 Å². The lowest BCUT2D eigenvalue weighted by Crippen LogP contribution is -2.47. The lowest BCUT2D eigenvalue weighted by atomic mass is 9.99. The van der Waals surface area contributed by atoms with Crippen LogP contribution in [0.2, 0.25) is 0 Å². The zero-order valence-electron chi connectivity index (χ0n) is 10.3. The molecule has 2 N–H and O–H groups in total. The summed E-state index contributed by atoms with van der Waals surface area (Å²) in [6, 6.07) is 0.661. The summed E-state index contributed by atoms with van der Waals surface area (Å²) in [5.41, 5.74) is 0.940. The summed E-state index contributed by atoms with van der Waals surface area (Å²) in [5.74, 6) is 0. The lowest BCUT2D eigenvalue weighted by molar-refractivity contribution is 0.0952. The third-order valence-electron chi connectivity index (χ3n) is 3.46. The summed E-state index contributed by atoms with van der Waals surface area (Å²) in [4.78, 5) is 4.19. The van der Waals surface area contributed by atoms with Crippen molar-refractivity contribution in [2.45, 2.75) is 57.8 Å². The number of imidazole rings is 1. The molecule has 16 heavy (non-hydrogen) atoms. The van der Waals surface area contributed by atoms with Crippen LogP contribution in [0.1, 0.15) is 45.3 Å². The smallest absolute Gasteiger partial charge is 0.0951 e. The van der Waals surface area contributed by atoms with Crippen molar-refractivity contribution in [2.75, 3.05) is 0 Å². The van der Waals surface area contributed by atoms with E-state index in [1.807, 2.05) is 33.3 Å². The molecule has 0 amide bonds. The summed E-state index contributed by atoms with van der Waals surface area (Å²) in [6.07, 6.45) is 5.98. The second kappa shape index (κ2) is 4.18. The maximum Gasteiger partial charge on any atom is 0.0951 e. The van der Waals surface area contributed by atoms with Gasteiger partial charge in [-0.1, -0.05) is 0 Å². The minimum absolute atomic E-state index is 0.265. The van der Waals surface area contributed by atoms with E-state index in [2.05, 4.69) is 14.9 Å². The van der Waals surface area contributed by atoms with E-state index in [4.69, 9.17) is 0 Å². The highest BCUT2D eigenvalue weighted by molar-refractivity contribution is 5.04. The predicted octanol–water partition coefficient (Wildman–Crippen LogP) is 1.47. The Hall–Kier alpha value is -0.870. The molecule has 0 bridgehead atoms. The zero-order chi connectivity index (χ0) is 11.8. The fraction of sp³-hybridized carbons (Fsp3) is 0.750. The van der Waals surface area contributed by atoms with Gasteiger partial charge < -0.3 is 15.0 Å². The van der Waals surface area contributed by atoms with Crippen molar-refractivity contribution >= 4 is 0 Å². The molecule has 0 saturated heterocycles. The van der Waals surface area contributed by atoms with Gasteiger partial charge in [-0.3, -0.25) is 0 Å². The molecule has 1 unspecified atom stereocenters. The van der Waals surface area contributed by atoms with Gasteiger partial charge in [-0.2, -0.15) is 0 Å². The summed E-state index contributed by atoms with van der Waals surface area (Å²) in [5, 5.41) is 13.0. The fourth-order valence-electron chi connectivity index (χ4n) is 1.62. The Morgan fingerprint density at radius 3 is 2.88 bits per heavy atom. The largest absolute Gasteiger partial charge is 0.392 e. The maximum atomic E-state index is 9.61. The third-order valence-corrected chi connectivity index (χ3v) is 3.46. The molecule has 1 fully saturated rings. The van der Waals surface area contributed by atoms with Crippen molar-refractivity contribution in [3.05, 3.63) is 18.2 Å². The van der Waals surface area contributed by atoms with E-state index in [9.17, 15) is 5.11 Å². The van der Waals surface area contributed by atoms with E-state index in [1.54, 1.807) is 0 Å². The van der Waals surface area contributed by atoms with Crippen LogP contribution in [0, 0.1) is 0 Å². The first-order chi connectivity index (χ1) is 7.50. The Kier molecular flexibility index (Phi) is 3.04. The first-order valence-electron chi connectivity index (χ1n) is 5.94. The second-order valence-corrected chi connectivity index (χ2v) is 5.27. The first-order valence-corrected chi connectivity index (χ1v) is 5.94. The van der Waals surface area contributed by atoms with Crippen LogP contribution in [-0.2, 0) is 6.54 Å². The van der Waals surface area contributed by atoms with Crippen molar-refractivity contribution in [1.82, 2.24) is 14.9 Å². The minimum atomic E-state index is -0.371. The van der Waals surface area contributed by atoms with Crippen molar-refractivity contribution in [3.8, 4) is 0 Å². The van der Waals surface area contributed by atoms with E-state index < -0.39 is 0 Å². The summed E-state index contributed by atoms with van der Waals surface area (Å²) < 4.78 is 2.24. The Bertz CT molecular complexity index is 353. The lowest BCUT2D eigenvalue weighted by Gasteiger charge is -2.29. The molecule has 1 aliphatic rings. The van der Waals surface area contributed by atoms with E-state index >= 15 is 0 Å². The summed E-state index contributed by atoms with van der Waals surface area (Å²) in [7, 11) is 0. The SMILES string of the molecule is CC(O)C(C)(C)NCc1cncn1C1CC1. The van der Waals surface area contributed by atoms with Crippen LogP contribution in [0.25, 0.3) is 0 Å². The molecule has 4 heteroatoms. The molecule has 1 atom stereocenters. The molecule has 0 spiro atoms. The number of nitrogens with one attached hydrogen (secondary N) is 1. The number of aliphatic hydroxyl groups is 1. The van der Waals surface area contributed by atoms with Crippen LogP contribution in [0.3, 0.4) is 0 Å². The van der Waals surface area contributed by atoms with Gasteiger partial charge >= 0.3 is 0 Å². The topological polar surface area (TPSA) is 50.1 Å². The van der Waals surface area contributed by atoms with E-state index in [0.717, 1.165) is 6.54 Å². The average molecular weight is 223 g/mol. The van der Waals surface area contributed by atoms with Gasteiger partial charge in [-0.25, -0.2) is 4.98 Å². The van der Waals surface area contributed by atoms with Gasteiger partial charge in [0.1, 0.15) is 0 Å². The highest BCUT2D eigenvalue weighted by atomic mass is 16.3. The maximum absolute atomic E-state index is 9.61. The van der Waals surface area contributed by atoms with Gasteiger partial charge in [0.2, 0.25) is 0 Å². The molecule has 0 aromatic carbocycles. The predicted molar refractivity (Wildman–Crippen MR) is 63.1 cm³/mol. The van der Waals surface area contributed by atoms with Crippen molar-refractivity contribution in [3.63, 3.8) is 0 Å². The molecular formula is C12H21N3O. The Balaban J connectivity index is 1.96. The first kappa shape index (κ1) is 11.6. The van der Waals surface area contributed by atoms with Gasteiger partial charge in [0.05, 0.1) is 18.1 Å². The van der Waals surface area contributed by atoms with Gasteiger partial charge in [0.25, 0.3) is 0 Å². The molecule has 90 valence electrons. The van der Waals surface area contributed by atoms with Gasteiger partial charge in [0.15, 0.2) is 0 Å². The molecule has 1 heterocycles. The van der Waals surface area contributed by atoms with Crippen LogP contribution < -0.4 is 5.32 Å². The Labute approximate surface area is 96.7 Å². The van der Waals surface area contributed by atoms with E-state index in [-0.39, 0.29) is 11.6 Å². The number of aromatic nitrogens is 2. The molecule has 1 aromatic heterocycles. The molecule has 2 rings (SSSR count). The number of hydrogen-bond acceptors (Lipinski definition) is 3. The van der Waals surface area contributed by atoms with Gasteiger partial charge in [-0.05, 0) is 33.6 Å². The Morgan fingerprint density at radius 1 is 1.62 bits per heavy atom. The van der Waals surface area contributed by atoms with Crippen LogP contribution in [0.15, 0.2) is 12.5 Å². The van der Waals surface area contributed by atoms with E-state index in [0.29, 0.717) is 6.04 Å². The highest BCUT2D eigenvalue weighted by Crippen LogP contribution is 2.35. The fourth-order valence-corrected chi connectivity index (χ4v) is 1.62. The van der Waals surface area contributed by atoms with Gasteiger partial charge in [-0.15, -0.1) is 0 Å². The van der Waals surface area contributed by atoms with Crippen molar-refractivity contribution in [2.24, 2.45) is 0 Å². The van der Waals surface area contributed by atoms with Crippen LogP contribution >= 0.6 is 0 Å². The zero-order valence-corrected chi connectivity index (χ0v) is 10.3. The molecular weight excluding hydrogens is 202 g/mol. The third kappa shape index (κ3) is 2.44. The molecule has 1 aromatic rings. The molecule has 1 aliphatic carbocycles. The minimum Gasteiger partial charge on any atom is -0.392 e. The van der Waals surface area contributed by atoms with Gasteiger partial charge in [0, 0.05) is 24.3 Å². The summed E-state index contributed by atoms with van der Waals surface area (Å²) >= 11 is 0. The normalized spacial score (nSPS) is 18.8. The van der Waals surface area contributed by atoms with E-state index in [1.165, 1.54) is 18.5 Å². The molecule has 1 saturated carbocycles. The van der Waals surface area contributed by atoms with Crippen LogP contribution in [0.5, 0.6) is 0 Å². The molecule has 0 aliphatic heterocycles. The quantitative estimate of drug-likeness (QED) is 0.794. The number of hydrogen-bond donors (Lipinski definition) is 2. The van der Waals surface area contributed by atoms with Crippen molar-refractivity contribution in [1.29, 1.82) is 0 Å². The number of nitrogens with zero attached hydrogens (tertiary/aromatic N) is 2. The number of aliphatic hydroxyl groups excluding tert-OH is 1. The number of rotatable bonds is 5. The van der Waals surface area contributed by atoms with Crippen molar-refractivity contribution < 1.29 is 5.11 Å². The standard InChI is InChI=1S/C12H21N3O/c1-9(16)12(2,3)14-7-11-6-13-8-15(11)10-4-5-10/h6,8-10,14,16H,4-5,7H2,1-3H3. The Morgan fingerprint density at radius 2 is 2.31 bits per heavy atom. The summed E-state index contributed by atoms with van der Waals surface area (Å²) in [6.45, 7) is 6.59. The molecule has 0 radical (unpaired) electrons. The monoisotopic (exact) mass is 223 g/mol. The van der Waals surface area contributed by atoms with Crippen LogP contribution in [0.4, 0.5) is 0 Å². The second-order valence-electron chi connectivity index (χ2n) is 5.27. The highest BCUT2D eigenvalue weighted by Gasteiger charge is 2.27.